The molecule has 0 bridgehead atoms. The number of rotatable bonds is 4. The van der Waals surface area contributed by atoms with Crippen LogP contribution in [-0.4, -0.2) is 103 Å². The van der Waals surface area contributed by atoms with E-state index < -0.39 is 102 Å². The molecule has 6 N–H and O–H groups in total. The molecule has 240 valence electrons. The van der Waals surface area contributed by atoms with Crippen molar-refractivity contribution in [3.05, 3.63) is 23.8 Å². The molecule has 0 aromatic heterocycles. The zero-order valence-corrected chi connectivity index (χ0v) is 25.9. The molecule has 1 unspecified atom stereocenters. The summed E-state index contributed by atoms with van der Waals surface area (Å²) in [6.07, 6.45) is -4.45. The van der Waals surface area contributed by atoms with Crippen LogP contribution in [0.5, 0.6) is 0 Å². The Morgan fingerprint density at radius 1 is 0.976 bits per heavy atom. The summed E-state index contributed by atoms with van der Waals surface area (Å²) < 4.78 is 10.8. The Bertz CT molecular complexity index is 1040. The normalized spacial score (nSPS) is 42.2. The first-order chi connectivity index (χ1) is 19.3. The second-order valence-corrected chi connectivity index (χ2v) is 12.8. The van der Waals surface area contributed by atoms with Crippen molar-refractivity contribution in [2.75, 3.05) is 6.61 Å². The van der Waals surface area contributed by atoms with Crippen molar-refractivity contribution in [1.29, 1.82) is 0 Å². The number of carbonyl (C=O) groups excluding carboxylic acids is 3. The van der Waals surface area contributed by atoms with Gasteiger partial charge in [-0.1, -0.05) is 59.8 Å². The molecule has 0 radical (unpaired) electrons. The van der Waals surface area contributed by atoms with Gasteiger partial charge in [0.2, 0.25) is 0 Å². The molecule has 2 heterocycles. The first-order valence-corrected chi connectivity index (χ1v) is 14.6. The number of allylic oxidation sites excluding steroid dienone is 1. The van der Waals surface area contributed by atoms with Gasteiger partial charge in [0.15, 0.2) is 11.4 Å². The van der Waals surface area contributed by atoms with Crippen molar-refractivity contribution in [3.63, 3.8) is 0 Å². The van der Waals surface area contributed by atoms with Crippen LogP contribution in [0.25, 0.3) is 0 Å². The Balaban J connectivity index is 2.48. The molecular weight excluding hydrogens is 548 g/mol. The van der Waals surface area contributed by atoms with E-state index in [0.717, 1.165) is 0 Å². The molecule has 0 spiro atoms. The molecule has 2 aliphatic heterocycles. The molecule has 0 amide bonds. The number of ether oxygens (including phenoxy) is 2. The highest BCUT2D eigenvalue weighted by Gasteiger charge is 2.59. The van der Waals surface area contributed by atoms with Gasteiger partial charge in [-0.05, 0) is 19.4 Å². The molecule has 1 saturated heterocycles. The van der Waals surface area contributed by atoms with Gasteiger partial charge in [0.1, 0.15) is 24.6 Å². The standard InChI is InChI=1S/C31H50O11/c1-9-10-15(2)25-26(42-25)29(39)31(40)14-41-23(35)13-22(34)30(7,8)27(37)19(6)24(36)17(4)11-16(3)20(32)12-21(33)18(5)28(31)38/h9-11,15-16,18-22,24-26,29,32-34,36,39-40H,12-14H2,1-8H3/b10-9-,17-11-/t15-,16-,18+,19-,20-,21-,22-,24?,25-,26-,29+,31+/m1/s1. The molecule has 1 fully saturated rings. The number of carbonyl (C=O) groups is 3. The SMILES string of the molecule is C/C=C\[C@@H](C)[C@H]1O[C@H]1[C@H](O)[C@]1(O)COC(=O)C[C@@H](O)C(C)(C)C(=O)[C@H](C)C(O)/C(C)=C\[C@@H](C)[C@H](O)C[C@@H](O)[C@H](C)C1=O. The maximum atomic E-state index is 13.6. The van der Waals surface area contributed by atoms with E-state index in [1.807, 2.05) is 19.9 Å². The Labute approximate surface area is 248 Å². The third-order valence-electron chi connectivity index (χ3n) is 9.04. The van der Waals surface area contributed by atoms with E-state index >= 15 is 0 Å². The second-order valence-electron chi connectivity index (χ2n) is 12.8. The molecule has 12 atom stereocenters. The molecule has 11 nitrogen and oxygen atoms in total. The first-order valence-electron chi connectivity index (χ1n) is 14.6. The zero-order chi connectivity index (χ0) is 32.3. The molecule has 42 heavy (non-hydrogen) atoms. The third-order valence-corrected chi connectivity index (χ3v) is 9.04. The van der Waals surface area contributed by atoms with Gasteiger partial charge in [-0.3, -0.25) is 14.4 Å². The van der Waals surface area contributed by atoms with Crippen LogP contribution < -0.4 is 0 Å². The molecule has 11 heteroatoms. The summed E-state index contributed by atoms with van der Waals surface area (Å²) >= 11 is 0. The summed E-state index contributed by atoms with van der Waals surface area (Å²) in [5, 5.41) is 66.1. The van der Waals surface area contributed by atoms with Crippen molar-refractivity contribution in [2.45, 2.75) is 117 Å². The van der Waals surface area contributed by atoms with Gasteiger partial charge in [-0.2, -0.15) is 0 Å². The van der Waals surface area contributed by atoms with Crippen molar-refractivity contribution in [1.82, 2.24) is 0 Å². The monoisotopic (exact) mass is 598 g/mol. The largest absolute Gasteiger partial charge is 0.462 e. The Morgan fingerprint density at radius 3 is 2.14 bits per heavy atom. The fourth-order valence-electron chi connectivity index (χ4n) is 5.61. The number of Topliss-reactive ketones (excluding diaryl/α,β-unsaturated/α-hetero) is 2. The summed E-state index contributed by atoms with van der Waals surface area (Å²) in [4.78, 5) is 39.7. The van der Waals surface area contributed by atoms with E-state index in [0.29, 0.717) is 5.57 Å². The van der Waals surface area contributed by atoms with E-state index in [4.69, 9.17) is 9.47 Å². The summed E-state index contributed by atoms with van der Waals surface area (Å²) in [6, 6.07) is 0. The number of ketones is 2. The van der Waals surface area contributed by atoms with Gasteiger partial charge >= 0.3 is 5.97 Å². The topological polar surface area (TPSA) is 194 Å². The van der Waals surface area contributed by atoms with Crippen LogP contribution in [0, 0.1) is 29.1 Å². The predicted octanol–water partition coefficient (Wildman–Crippen LogP) is 0.858. The average Bonchev–Trinajstić information content (AvgIpc) is 3.73. The predicted molar refractivity (Wildman–Crippen MR) is 153 cm³/mol. The quantitative estimate of drug-likeness (QED) is 0.153. The fourth-order valence-corrected chi connectivity index (χ4v) is 5.61. The lowest BCUT2D eigenvalue weighted by Gasteiger charge is -2.35. The second kappa shape index (κ2) is 14.2. The Morgan fingerprint density at radius 2 is 1.57 bits per heavy atom. The highest BCUT2D eigenvalue weighted by Crippen LogP contribution is 2.38. The smallest absolute Gasteiger partial charge is 0.308 e. The van der Waals surface area contributed by atoms with E-state index in [1.165, 1.54) is 27.7 Å². The van der Waals surface area contributed by atoms with Crippen molar-refractivity contribution in [2.24, 2.45) is 29.1 Å². The molecule has 0 aliphatic carbocycles. The van der Waals surface area contributed by atoms with Crippen LogP contribution in [0.1, 0.15) is 68.2 Å². The van der Waals surface area contributed by atoms with Gasteiger partial charge in [0.05, 0.1) is 42.4 Å². The van der Waals surface area contributed by atoms with Crippen LogP contribution in [0.2, 0.25) is 0 Å². The Hall–Kier alpha value is -1.99. The van der Waals surface area contributed by atoms with Gasteiger partial charge in [-0.25, -0.2) is 0 Å². The zero-order valence-electron chi connectivity index (χ0n) is 25.9. The molecule has 2 rings (SSSR count). The Kier molecular flexibility index (Phi) is 12.2. The van der Waals surface area contributed by atoms with Gasteiger partial charge in [0, 0.05) is 30.1 Å². The van der Waals surface area contributed by atoms with Crippen LogP contribution in [0.15, 0.2) is 23.8 Å². The van der Waals surface area contributed by atoms with Crippen molar-refractivity contribution in [3.8, 4) is 0 Å². The highest BCUT2D eigenvalue weighted by atomic mass is 16.6. The van der Waals surface area contributed by atoms with E-state index in [2.05, 4.69) is 0 Å². The number of aliphatic hydroxyl groups is 6. The minimum atomic E-state index is -2.68. The average molecular weight is 599 g/mol. The van der Waals surface area contributed by atoms with Crippen molar-refractivity contribution >= 4 is 17.5 Å². The van der Waals surface area contributed by atoms with Gasteiger partial charge in [0.25, 0.3) is 0 Å². The highest BCUT2D eigenvalue weighted by molar-refractivity contribution is 5.91. The summed E-state index contributed by atoms with van der Waals surface area (Å²) in [6.45, 7) is 11.6. The van der Waals surface area contributed by atoms with E-state index in [9.17, 15) is 45.0 Å². The lowest BCUT2D eigenvalue weighted by molar-refractivity contribution is -0.178. The summed E-state index contributed by atoms with van der Waals surface area (Å²) in [5.74, 6) is -5.60. The maximum Gasteiger partial charge on any atom is 0.308 e. The van der Waals surface area contributed by atoms with Crippen LogP contribution in [0.3, 0.4) is 0 Å². The molecular formula is C31H50O11. The summed E-state index contributed by atoms with van der Waals surface area (Å²) in [5.41, 5.74) is -3.78. The number of epoxide rings is 1. The molecule has 0 aromatic carbocycles. The van der Waals surface area contributed by atoms with Gasteiger partial charge < -0.3 is 40.1 Å². The summed E-state index contributed by atoms with van der Waals surface area (Å²) in [7, 11) is 0. The number of hydrogen-bond acceptors (Lipinski definition) is 11. The van der Waals surface area contributed by atoms with Crippen LogP contribution in [-0.2, 0) is 23.9 Å². The van der Waals surface area contributed by atoms with E-state index in [1.54, 1.807) is 26.0 Å². The number of cyclic esters (lactones) is 1. The molecule has 2 aliphatic rings. The third kappa shape index (κ3) is 7.93. The number of esters is 1. The molecule has 0 aromatic rings. The number of aliphatic hydroxyl groups excluding tert-OH is 5. The first kappa shape index (κ1) is 36.2. The minimum Gasteiger partial charge on any atom is -0.462 e. The van der Waals surface area contributed by atoms with Crippen LogP contribution >= 0.6 is 0 Å². The lowest BCUT2D eigenvalue weighted by atomic mass is 9.73. The van der Waals surface area contributed by atoms with Gasteiger partial charge in [-0.15, -0.1) is 0 Å². The van der Waals surface area contributed by atoms with Crippen molar-refractivity contribution < 1.29 is 54.5 Å². The van der Waals surface area contributed by atoms with E-state index in [-0.39, 0.29) is 12.3 Å². The molecule has 0 saturated carbocycles. The fraction of sp³-hybridized carbons (Fsp3) is 0.774. The van der Waals surface area contributed by atoms with Crippen LogP contribution in [0.4, 0.5) is 0 Å². The lowest BCUT2D eigenvalue weighted by Crippen LogP contribution is -2.59. The minimum absolute atomic E-state index is 0.151. The maximum absolute atomic E-state index is 13.6. The number of hydrogen-bond donors (Lipinski definition) is 6.